The fraction of sp³-hybridized carbons (Fsp3) is 0.222. The minimum absolute atomic E-state index is 0.241. The van der Waals surface area contributed by atoms with Crippen molar-refractivity contribution in [1.82, 2.24) is 14.6 Å². The van der Waals surface area contributed by atoms with E-state index in [1.54, 1.807) is 37.5 Å². The molecule has 0 radical (unpaired) electrons. The number of nitrogens with zero attached hydrogens (tertiary/aromatic N) is 3. The van der Waals surface area contributed by atoms with Gasteiger partial charge in [0, 0.05) is 18.0 Å². The van der Waals surface area contributed by atoms with Gasteiger partial charge in [0.2, 0.25) is 0 Å². The van der Waals surface area contributed by atoms with Gasteiger partial charge >= 0.3 is 5.97 Å². The van der Waals surface area contributed by atoms with Gasteiger partial charge < -0.3 is 14.2 Å². The molecule has 8 heteroatoms. The van der Waals surface area contributed by atoms with Crippen LogP contribution in [0.1, 0.15) is 26.4 Å². The van der Waals surface area contributed by atoms with Crippen LogP contribution >= 0.6 is 0 Å². The van der Waals surface area contributed by atoms with Crippen molar-refractivity contribution < 1.29 is 23.8 Å². The highest BCUT2D eigenvalue weighted by molar-refractivity contribution is 6.01. The van der Waals surface area contributed by atoms with E-state index >= 15 is 0 Å². The summed E-state index contributed by atoms with van der Waals surface area (Å²) in [4.78, 5) is 28.8. The van der Waals surface area contributed by atoms with E-state index in [4.69, 9.17) is 14.2 Å². The zero-order valence-electron chi connectivity index (χ0n) is 14.6. The van der Waals surface area contributed by atoms with E-state index in [-0.39, 0.29) is 11.3 Å². The van der Waals surface area contributed by atoms with Crippen molar-refractivity contribution in [2.24, 2.45) is 0 Å². The number of Topliss-reactive ketones (excluding diaryl/α,β-unsaturated/α-hetero) is 1. The summed E-state index contributed by atoms with van der Waals surface area (Å²) in [7, 11) is 2.99. The Bertz CT molecular complexity index is 980. The van der Waals surface area contributed by atoms with E-state index in [1.165, 1.54) is 24.8 Å². The van der Waals surface area contributed by atoms with Crippen molar-refractivity contribution in [3.63, 3.8) is 0 Å². The van der Waals surface area contributed by atoms with E-state index in [2.05, 4.69) is 10.1 Å². The number of fused-ring (bicyclic) bond motifs is 1. The van der Waals surface area contributed by atoms with Crippen molar-refractivity contribution in [2.75, 3.05) is 20.8 Å². The second-order valence-corrected chi connectivity index (χ2v) is 5.42. The van der Waals surface area contributed by atoms with Crippen LogP contribution in [0.25, 0.3) is 5.65 Å². The number of aryl methyl sites for hydroxylation is 1. The van der Waals surface area contributed by atoms with Gasteiger partial charge in [0.05, 0.1) is 19.9 Å². The lowest BCUT2D eigenvalue weighted by molar-refractivity contribution is 0.0475. The molecule has 0 aliphatic carbocycles. The topological polar surface area (TPSA) is 92.0 Å². The Balaban J connectivity index is 1.75. The summed E-state index contributed by atoms with van der Waals surface area (Å²) in [5.74, 6) is -0.0761. The van der Waals surface area contributed by atoms with Gasteiger partial charge in [0.15, 0.2) is 29.5 Å². The van der Waals surface area contributed by atoms with Gasteiger partial charge in [-0.3, -0.25) is 4.79 Å². The highest BCUT2D eigenvalue weighted by Gasteiger charge is 2.21. The second kappa shape index (κ2) is 7.22. The average molecular weight is 355 g/mol. The molecule has 2 heterocycles. The quantitative estimate of drug-likeness (QED) is 0.494. The predicted molar refractivity (Wildman–Crippen MR) is 91.9 cm³/mol. The van der Waals surface area contributed by atoms with Crippen molar-refractivity contribution in [1.29, 1.82) is 0 Å². The number of carbonyl (C=O) groups is 2. The first-order valence-corrected chi connectivity index (χ1v) is 7.77. The van der Waals surface area contributed by atoms with Crippen LogP contribution in [0, 0.1) is 6.92 Å². The molecule has 2 aromatic heterocycles. The summed E-state index contributed by atoms with van der Waals surface area (Å²) in [5.41, 5.74) is 1.46. The molecule has 3 rings (SSSR count). The lowest BCUT2D eigenvalue weighted by Crippen LogP contribution is -2.15. The Morgan fingerprint density at radius 2 is 1.92 bits per heavy atom. The zero-order chi connectivity index (χ0) is 18.7. The molecule has 0 saturated heterocycles. The number of esters is 1. The Morgan fingerprint density at radius 1 is 1.15 bits per heavy atom. The van der Waals surface area contributed by atoms with E-state index in [9.17, 15) is 9.59 Å². The van der Waals surface area contributed by atoms with Crippen molar-refractivity contribution in [2.45, 2.75) is 6.92 Å². The molecule has 0 bridgehead atoms. The van der Waals surface area contributed by atoms with Gasteiger partial charge in [0.25, 0.3) is 0 Å². The lowest BCUT2D eigenvalue weighted by atomic mass is 10.1. The third-order valence-electron chi connectivity index (χ3n) is 3.81. The first-order chi connectivity index (χ1) is 12.5. The number of hydrogen-bond acceptors (Lipinski definition) is 7. The van der Waals surface area contributed by atoms with Crippen LogP contribution in [0.5, 0.6) is 11.5 Å². The number of rotatable bonds is 6. The van der Waals surface area contributed by atoms with E-state index in [1.807, 2.05) is 0 Å². The number of carbonyl (C=O) groups excluding carboxylic acids is 2. The lowest BCUT2D eigenvalue weighted by Gasteiger charge is -2.09. The number of methoxy groups -OCH3 is 2. The SMILES string of the molecule is COc1ccc(C(=O)COC(=O)c2c(C)nn3cccnc23)cc1OC. The number of aromatic nitrogens is 3. The molecule has 8 nitrogen and oxygen atoms in total. The summed E-state index contributed by atoms with van der Waals surface area (Å²) in [6.07, 6.45) is 3.24. The normalized spacial score (nSPS) is 10.6. The maximum Gasteiger partial charge on any atom is 0.344 e. The van der Waals surface area contributed by atoms with Gasteiger partial charge in [0.1, 0.15) is 5.56 Å². The molecular weight excluding hydrogens is 338 g/mol. The van der Waals surface area contributed by atoms with Crippen LogP contribution < -0.4 is 9.47 Å². The van der Waals surface area contributed by atoms with Crippen LogP contribution in [0.4, 0.5) is 0 Å². The molecular formula is C18H17N3O5. The van der Waals surface area contributed by atoms with Crippen LogP contribution in [0.2, 0.25) is 0 Å². The highest BCUT2D eigenvalue weighted by atomic mass is 16.5. The maximum absolute atomic E-state index is 12.4. The maximum atomic E-state index is 12.4. The summed E-state index contributed by atoms with van der Waals surface area (Å²) in [5, 5.41) is 4.20. The molecule has 0 unspecified atom stereocenters. The van der Waals surface area contributed by atoms with Crippen molar-refractivity contribution >= 4 is 17.4 Å². The van der Waals surface area contributed by atoms with Gasteiger partial charge in [-0.15, -0.1) is 0 Å². The zero-order valence-corrected chi connectivity index (χ0v) is 14.6. The van der Waals surface area contributed by atoms with Gasteiger partial charge in [-0.25, -0.2) is 14.3 Å². The molecule has 26 heavy (non-hydrogen) atoms. The fourth-order valence-electron chi connectivity index (χ4n) is 2.53. The van der Waals surface area contributed by atoms with Crippen LogP contribution in [0.15, 0.2) is 36.7 Å². The Hall–Kier alpha value is -3.42. The largest absolute Gasteiger partial charge is 0.493 e. The fourth-order valence-corrected chi connectivity index (χ4v) is 2.53. The van der Waals surface area contributed by atoms with Gasteiger partial charge in [-0.05, 0) is 31.2 Å². The Kier molecular flexibility index (Phi) is 4.83. The minimum atomic E-state index is -0.648. The number of ether oxygens (including phenoxy) is 3. The smallest absolute Gasteiger partial charge is 0.344 e. The Morgan fingerprint density at radius 3 is 2.65 bits per heavy atom. The molecule has 0 aliphatic heterocycles. The predicted octanol–water partition coefficient (Wildman–Crippen LogP) is 2.09. The number of hydrogen-bond donors (Lipinski definition) is 0. The summed E-state index contributed by atoms with van der Waals surface area (Å²) in [6, 6.07) is 6.44. The summed E-state index contributed by atoms with van der Waals surface area (Å²) < 4.78 is 17.0. The van der Waals surface area contributed by atoms with E-state index < -0.39 is 12.6 Å². The third kappa shape index (κ3) is 3.21. The third-order valence-corrected chi connectivity index (χ3v) is 3.81. The molecule has 0 spiro atoms. The highest BCUT2D eigenvalue weighted by Crippen LogP contribution is 2.27. The van der Waals surface area contributed by atoms with Crippen LogP contribution in [-0.4, -0.2) is 47.2 Å². The second-order valence-electron chi connectivity index (χ2n) is 5.42. The molecule has 0 saturated carbocycles. The van der Waals surface area contributed by atoms with Gasteiger partial charge in [-0.2, -0.15) is 5.10 Å². The summed E-state index contributed by atoms with van der Waals surface area (Å²) in [6.45, 7) is 1.28. The monoisotopic (exact) mass is 355 g/mol. The molecule has 0 atom stereocenters. The van der Waals surface area contributed by atoms with Crippen molar-refractivity contribution in [3.8, 4) is 11.5 Å². The molecule has 134 valence electrons. The molecule has 3 aromatic rings. The van der Waals surface area contributed by atoms with Gasteiger partial charge in [-0.1, -0.05) is 0 Å². The first-order valence-electron chi connectivity index (χ1n) is 7.77. The van der Waals surface area contributed by atoms with E-state index in [0.29, 0.717) is 28.4 Å². The average Bonchev–Trinajstić information content (AvgIpc) is 3.00. The molecule has 0 amide bonds. The molecule has 0 N–H and O–H groups in total. The van der Waals surface area contributed by atoms with E-state index in [0.717, 1.165) is 0 Å². The van der Waals surface area contributed by atoms with Crippen LogP contribution in [-0.2, 0) is 4.74 Å². The molecule has 0 fully saturated rings. The molecule has 1 aromatic carbocycles. The van der Waals surface area contributed by atoms with Crippen LogP contribution in [0.3, 0.4) is 0 Å². The number of benzene rings is 1. The Labute approximate surface area is 149 Å². The minimum Gasteiger partial charge on any atom is -0.493 e. The van der Waals surface area contributed by atoms with Crippen molar-refractivity contribution in [3.05, 3.63) is 53.5 Å². The summed E-state index contributed by atoms with van der Waals surface area (Å²) >= 11 is 0. The molecule has 0 aliphatic rings. The number of ketones is 1. The first kappa shape index (κ1) is 17.4. The standard InChI is InChI=1S/C18H17N3O5/c1-11-16(17-19-7-4-8-21(17)20-11)18(23)26-10-13(22)12-5-6-14(24-2)15(9-12)25-3/h4-9H,10H2,1-3H3.